The van der Waals surface area contributed by atoms with Gasteiger partial charge in [0.05, 0.1) is 12.8 Å². The van der Waals surface area contributed by atoms with Crippen LogP contribution in [-0.4, -0.2) is 43.9 Å². The van der Waals surface area contributed by atoms with Gasteiger partial charge in [0.25, 0.3) is 0 Å². The molecule has 0 saturated heterocycles. The van der Waals surface area contributed by atoms with Gasteiger partial charge in [0.2, 0.25) is 0 Å². The Morgan fingerprint density at radius 2 is 1.17 bits per heavy atom. The maximum absolute atomic E-state index is 10.3. The summed E-state index contributed by atoms with van der Waals surface area (Å²) in [5.41, 5.74) is -0.190. The standard InChI is InChI=1S/C16H12.C6H8O7/c1-2-6-13(7-3-1)16-11-10-14-8-4-5-9-15(14)12-16;7-3(8)1-6(13,5(11)12)2-4(9)10/h1-12H;13H,1-2H2,(H,7,8)(H,9,10)(H,11,12). The second kappa shape index (κ2) is 9.48. The van der Waals surface area contributed by atoms with Gasteiger partial charge in [-0.2, -0.15) is 0 Å². The van der Waals surface area contributed by atoms with Crippen LogP contribution in [0.2, 0.25) is 0 Å². The second-order valence-corrected chi connectivity index (χ2v) is 6.41. The van der Waals surface area contributed by atoms with Crippen LogP contribution in [0, 0.1) is 0 Å². The molecule has 0 saturated carbocycles. The fraction of sp³-hybridized carbons (Fsp3) is 0.136. The van der Waals surface area contributed by atoms with Crippen molar-refractivity contribution < 1.29 is 34.8 Å². The van der Waals surface area contributed by atoms with E-state index in [2.05, 4.69) is 66.7 Å². The number of fused-ring (bicyclic) bond motifs is 1. The van der Waals surface area contributed by atoms with Gasteiger partial charge in [0.1, 0.15) is 0 Å². The van der Waals surface area contributed by atoms with Gasteiger partial charge in [0, 0.05) is 0 Å². The van der Waals surface area contributed by atoms with E-state index in [0.29, 0.717) is 0 Å². The Labute approximate surface area is 166 Å². The minimum atomic E-state index is -2.74. The lowest BCUT2D eigenvalue weighted by Gasteiger charge is -2.18. The fourth-order valence-electron chi connectivity index (χ4n) is 2.71. The maximum Gasteiger partial charge on any atom is 0.336 e. The first kappa shape index (κ1) is 21.6. The number of hydrogen-bond donors (Lipinski definition) is 4. The van der Waals surface area contributed by atoms with Crippen molar-refractivity contribution in [1.82, 2.24) is 0 Å². The van der Waals surface area contributed by atoms with E-state index in [4.69, 9.17) is 20.4 Å². The Morgan fingerprint density at radius 3 is 1.69 bits per heavy atom. The molecule has 7 heteroatoms. The molecule has 0 unspecified atom stereocenters. The normalized spacial score (nSPS) is 10.7. The number of hydrogen-bond acceptors (Lipinski definition) is 4. The Bertz CT molecular complexity index is 996. The Balaban J connectivity index is 0.000000213. The molecule has 0 atom stereocenters. The van der Waals surface area contributed by atoms with E-state index in [1.165, 1.54) is 21.9 Å². The zero-order valence-electron chi connectivity index (χ0n) is 15.4. The molecule has 3 aromatic rings. The van der Waals surface area contributed by atoms with Gasteiger partial charge < -0.3 is 20.4 Å². The Hall–Kier alpha value is -3.71. The summed E-state index contributed by atoms with van der Waals surface area (Å²) in [6.07, 6.45) is -2.29. The lowest BCUT2D eigenvalue weighted by Crippen LogP contribution is -2.42. The molecule has 150 valence electrons. The molecule has 0 bridgehead atoms. The first-order chi connectivity index (χ1) is 13.7. The predicted octanol–water partition coefficient (Wildman–Crippen LogP) is 3.26. The molecule has 4 N–H and O–H groups in total. The van der Waals surface area contributed by atoms with Crippen LogP contribution in [0.3, 0.4) is 0 Å². The van der Waals surface area contributed by atoms with Crippen molar-refractivity contribution in [3.05, 3.63) is 72.8 Å². The lowest BCUT2D eigenvalue weighted by atomic mass is 9.96. The summed E-state index contributed by atoms with van der Waals surface area (Å²) in [5.74, 6) is -5.02. The second-order valence-electron chi connectivity index (χ2n) is 6.41. The van der Waals surface area contributed by atoms with Crippen LogP contribution in [-0.2, 0) is 14.4 Å². The van der Waals surface area contributed by atoms with Crippen molar-refractivity contribution in [2.24, 2.45) is 0 Å². The molecular formula is C22H20O7. The Morgan fingerprint density at radius 1 is 0.655 bits per heavy atom. The van der Waals surface area contributed by atoms with Gasteiger partial charge in [0.15, 0.2) is 5.60 Å². The van der Waals surface area contributed by atoms with Crippen LogP contribution < -0.4 is 0 Å². The molecule has 0 fully saturated rings. The predicted molar refractivity (Wildman–Crippen MR) is 106 cm³/mol. The monoisotopic (exact) mass is 396 g/mol. The molecule has 7 nitrogen and oxygen atoms in total. The molecule has 0 heterocycles. The molecule has 0 aliphatic rings. The molecule has 29 heavy (non-hydrogen) atoms. The lowest BCUT2D eigenvalue weighted by molar-refractivity contribution is -0.170. The summed E-state index contributed by atoms with van der Waals surface area (Å²) in [6.45, 7) is 0. The van der Waals surface area contributed by atoms with E-state index < -0.39 is 36.4 Å². The van der Waals surface area contributed by atoms with E-state index in [1.807, 2.05) is 6.07 Å². The van der Waals surface area contributed by atoms with E-state index in [0.717, 1.165) is 0 Å². The number of carboxylic acid groups (broad SMARTS) is 3. The number of benzene rings is 3. The highest BCUT2D eigenvalue weighted by Crippen LogP contribution is 2.23. The van der Waals surface area contributed by atoms with Gasteiger partial charge in [-0.3, -0.25) is 9.59 Å². The highest BCUT2D eigenvalue weighted by atomic mass is 16.4. The van der Waals surface area contributed by atoms with Crippen LogP contribution in [0.5, 0.6) is 0 Å². The first-order valence-electron chi connectivity index (χ1n) is 8.65. The molecule has 0 aliphatic heterocycles. The summed E-state index contributed by atoms with van der Waals surface area (Å²) in [7, 11) is 0. The van der Waals surface area contributed by atoms with E-state index >= 15 is 0 Å². The Kier molecular flexibility index (Phi) is 7.05. The topological polar surface area (TPSA) is 132 Å². The molecule has 0 radical (unpaired) electrons. The minimum absolute atomic E-state index is 1.14. The average molecular weight is 396 g/mol. The van der Waals surface area contributed by atoms with Gasteiger partial charge in [-0.1, -0.05) is 66.7 Å². The highest BCUT2D eigenvalue weighted by Gasteiger charge is 2.40. The largest absolute Gasteiger partial charge is 0.481 e. The number of rotatable bonds is 6. The van der Waals surface area contributed by atoms with Gasteiger partial charge >= 0.3 is 17.9 Å². The number of aliphatic carboxylic acids is 3. The van der Waals surface area contributed by atoms with Crippen molar-refractivity contribution in [2.45, 2.75) is 18.4 Å². The van der Waals surface area contributed by atoms with Crippen molar-refractivity contribution in [3.8, 4) is 11.1 Å². The zero-order valence-corrected chi connectivity index (χ0v) is 15.4. The molecular weight excluding hydrogens is 376 g/mol. The summed E-state index contributed by atoms with van der Waals surface area (Å²) >= 11 is 0. The van der Waals surface area contributed by atoms with Crippen LogP contribution in [0.25, 0.3) is 21.9 Å². The third-order valence-corrected chi connectivity index (χ3v) is 4.14. The summed E-state index contributed by atoms with van der Waals surface area (Å²) in [6, 6.07) is 25.5. The average Bonchev–Trinajstić information content (AvgIpc) is 2.67. The minimum Gasteiger partial charge on any atom is -0.481 e. The van der Waals surface area contributed by atoms with E-state index in [9.17, 15) is 14.4 Å². The molecule has 3 aromatic carbocycles. The van der Waals surface area contributed by atoms with Crippen LogP contribution in [0.4, 0.5) is 0 Å². The number of carbonyl (C=O) groups is 3. The molecule has 0 spiro atoms. The molecule has 0 aliphatic carbocycles. The molecule has 3 rings (SSSR count). The maximum atomic E-state index is 10.3. The molecule has 0 amide bonds. The highest BCUT2D eigenvalue weighted by molar-refractivity contribution is 5.88. The summed E-state index contributed by atoms with van der Waals surface area (Å²) < 4.78 is 0. The van der Waals surface area contributed by atoms with Gasteiger partial charge in [-0.25, -0.2) is 4.79 Å². The number of aliphatic hydroxyl groups is 1. The summed E-state index contributed by atoms with van der Waals surface area (Å²) in [4.78, 5) is 30.5. The smallest absolute Gasteiger partial charge is 0.336 e. The van der Waals surface area contributed by atoms with E-state index in [-0.39, 0.29) is 0 Å². The summed E-state index contributed by atoms with van der Waals surface area (Å²) in [5, 5.41) is 36.4. The van der Waals surface area contributed by atoms with Gasteiger partial charge in [-0.15, -0.1) is 0 Å². The first-order valence-corrected chi connectivity index (χ1v) is 8.65. The van der Waals surface area contributed by atoms with Crippen molar-refractivity contribution >= 4 is 28.7 Å². The SMILES string of the molecule is O=C(O)CC(O)(CC(=O)O)C(=O)O.c1ccc(-c2ccc3ccccc3c2)cc1. The van der Waals surface area contributed by atoms with Crippen LogP contribution in [0.1, 0.15) is 12.8 Å². The quantitative estimate of drug-likeness (QED) is 0.503. The fourth-order valence-corrected chi connectivity index (χ4v) is 2.71. The number of carboxylic acids is 3. The zero-order chi connectivity index (χ0) is 21.4. The third-order valence-electron chi connectivity index (χ3n) is 4.14. The third kappa shape index (κ3) is 6.15. The van der Waals surface area contributed by atoms with Crippen LogP contribution >= 0.6 is 0 Å². The van der Waals surface area contributed by atoms with Crippen molar-refractivity contribution in [3.63, 3.8) is 0 Å². The van der Waals surface area contributed by atoms with Crippen molar-refractivity contribution in [2.75, 3.05) is 0 Å². The van der Waals surface area contributed by atoms with E-state index in [1.54, 1.807) is 0 Å². The van der Waals surface area contributed by atoms with Crippen molar-refractivity contribution in [1.29, 1.82) is 0 Å². The molecule has 0 aromatic heterocycles. The van der Waals surface area contributed by atoms with Crippen LogP contribution in [0.15, 0.2) is 72.8 Å². The van der Waals surface area contributed by atoms with Gasteiger partial charge in [-0.05, 0) is 28.0 Å².